The van der Waals surface area contributed by atoms with Crippen molar-refractivity contribution < 1.29 is 9.59 Å². The second kappa shape index (κ2) is 11.0. The fourth-order valence-electron chi connectivity index (χ4n) is 7.88. The summed E-state index contributed by atoms with van der Waals surface area (Å²) in [5.74, 6) is -0.212. The molecule has 1 spiro atoms. The predicted molar refractivity (Wildman–Crippen MR) is 190 cm³/mol. The second-order valence-corrected chi connectivity index (χ2v) is 18.8. The number of ketones is 2. The summed E-state index contributed by atoms with van der Waals surface area (Å²) in [6.07, 6.45) is 7.45. The molecule has 4 heterocycles. The van der Waals surface area contributed by atoms with E-state index in [0.717, 1.165) is 33.0 Å². The average Bonchev–Trinajstić information content (AvgIpc) is 3.88. The molecule has 2 aromatic heterocycles. The molecule has 0 radical (unpaired) electrons. The minimum Gasteiger partial charge on any atom is -0.289 e. The van der Waals surface area contributed by atoms with Crippen molar-refractivity contribution in [2.75, 3.05) is 0 Å². The van der Waals surface area contributed by atoms with Crippen molar-refractivity contribution in [2.45, 2.75) is 38.3 Å². The molecule has 0 bridgehead atoms. The minimum absolute atomic E-state index is 0.0469. The van der Waals surface area contributed by atoms with Crippen LogP contribution in [0.3, 0.4) is 0 Å². The van der Waals surface area contributed by atoms with Crippen LogP contribution in [0.2, 0.25) is 12.1 Å². The summed E-state index contributed by atoms with van der Waals surface area (Å²) in [5.41, 5.74) is 5.18. The van der Waals surface area contributed by atoms with Crippen LogP contribution in [0.15, 0.2) is 83.0 Å². The zero-order valence-electron chi connectivity index (χ0n) is 25.4. The van der Waals surface area contributed by atoms with Gasteiger partial charge in [0.25, 0.3) is 0 Å². The third-order valence-corrected chi connectivity index (χ3v) is 17.9. The summed E-state index contributed by atoms with van der Waals surface area (Å²) in [4.78, 5) is 31.7. The van der Waals surface area contributed by atoms with Crippen LogP contribution in [-0.4, -0.2) is 19.6 Å². The molecule has 0 atom stereocenters. The summed E-state index contributed by atoms with van der Waals surface area (Å²) in [5, 5.41) is 32.2. The van der Waals surface area contributed by atoms with E-state index in [-0.39, 0.29) is 17.1 Å². The van der Waals surface area contributed by atoms with E-state index in [1.165, 1.54) is 39.4 Å². The molecule has 2 aliphatic carbocycles. The van der Waals surface area contributed by atoms with E-state index >= 15 is 0 Å². The Bertz CT molecular complexity index is 2360. The van der Waals surface area contributed by atoms with Gasteiger partial charge in [-0.05, 0) is 64.8 Å². The van der Waals surface area contributed by atoms with Crippen molar-refractivity contribution in [3.8, 4) is 28.0 Å². The van der Waals surface area contributed by atoms with Crippen LogP contribution >= 0.6 is 22.7 Å². The number of hydrogen-bond acceptors (Lipinski definition) is 7. The van der Waals surface area contributed by atoms with E-state index < -0.39 is 8.07 Å². The first-order valence-electron chi connectivity index (χ1n) is 15.6. The quantitative estimate of drug-likeness (QED) is 0.123. The molecule has 0 unspecified atom stereocenters. The van der Waals surface area contributed by atoms with Gasteiger partial charge in [-0.1, -0.05) is 67.8 Å². The van der Waals surface area contributed by atoms with E-state index in [2.05, 4.69) is 18.2 Å². The van der Waals surface area contributed by atoms with Crippen molar-refractivity contribution in [1.29, 1.82) is 15.8 Å². The summed E-state index contributed by atoms with van der Waals surface area (Å²) in [6.45, 7) is 1.77. The Balaban J connectivity index is 1.27. The lowest BCUT2D eigenvalue weighted by Crippen LogP contribution is -2.55. The molecule has 8 heteroatoms. The Morgan fingerprint density at radius 1 is 0.681 bits per heavy atom. The first kappa shape index (κ1) is 29.2. The molecule has 8 rings (SSSR count). The Morgan fingerprint density at radius 2 is 1.15 bits per heavy atom. The zero-order valence-corrected chi connectivity index (χ0v) is 28.1. The highest BCUT2D eigenvalue weighted by atomic mass is 32.1. The van der Waals surface area contributed by atoms with Crippen LogP contribution in [0, 0.1) is 34.0 Å². The Morgan fingerprint density at radius 3 is 1.64 bits per heavy atom. The van der Waals surface area contributed by atoms with Crippen LogP contribution in [0.4, 0.5) is 0 Å². The van der Waals surface area contributed by atoms with Crippen LogP contribution in [-0.2, 0) is 0 Å². The van der Waals surface area contributed by atoms with Crippen LogP contribution in [0.25, 0.3) is 33.1 Å². The highest BCUT2D eigenvalue weighted by molar-refractivity contribution is 7.29. The number of rotatable bonds is 2. The van der Waals surface area contributed by atoms with E-state index in [4.69, 9.17) is 0 Å². The number of fused-ring (bicyclic) bond motifs is 7. The molecule has 2 aromatic carbocycles. The van der Waals surface area contributed by atoms with E-state index in [1.807, 2.05) is 54.6 Å². The standard InChI is InChI=1S/C39H25N3O2S2Si/c1-22(19-40)34-26-9-3-5-11-28(26)36(43)30(34)15-24-17-32-38(45-24)39-33(47(32)13-7-2-8-14-47)18-25(46-39)16-31-35(23(20-41)21-42)27-10-4-6-12-29(27)37(31)44/h3-6,9-12,15-18H,2,7-8,13-14H2,1H3/b30-15-,31-16-,34-22+. The molecule has 1 fully saturated rings. The van der Waals surface area contributed by atoms with Gasteiger partial charge in [0.15, 0.2) is 11.6 Å². The van der Waals surface area contributed by atoms with E-state index in [0.29, 0.717) is 39.0 Å². The Kier molecular flexibility index (Phi) is 6.83. The topological polar surface area (TPSA) is 106 Å². The predicted octanol–water partition coefficient (Wildman–Crippen LogP) is 8.19. The van der Waals surface area contributed by atoms with E-state index in [1.54, 1.807) is 47.8 Å². The molecule has 1 saturated heterocycles. The fourth-order valence-corrected chi connectivity index (χ4v) is 17.2. The fraction of sp³-hybridized carbons (Fsp3) is 0.154. The molecule has 4 aromatic rings. The number of nitriles is 3. The molecule has 0 amide bonds. The van der Waals surface area contributed by atoms with Gasteiger partial charge in [-0.2, -0.15) is 15.8 Å². The summed E-state index contributed by atoms with van der Waals surface area (Å²) >= 11 is 3.38. The smallest absolute Gasteiger partial charge is 0.194 e. The molecular formula is C39H25N3O2S2Si. The van der Waals surface area contributed by atoms with Gasteiger partial charge < -0.3 is 0 Å². The van der Waals surface area contributed by atoms with Gasteiger partial charge in [-0.3, -0.25) is 9.59 Å². The van der Waals surface area contributed by atoms with Gasteiger partial charge in [0.2, 0.25) is 0 Å². The molecule has 2 aliphatic heterocycles. The lowest BCUT2D eigenvalue weighted by molar-refractivity contribution is 0.103. The van der Waals surface area contributed by atoms with Crippen molar-refractivity contribution in [3.63, 3.8) is 0 Å². The Hall–Kier alpha value is -5.17. The molecule has 4 aliphatic rings. The highest BCUT2D eigenvalue weighted by Gasteiger charge is 2.48. The van der Waals surface area contributed by atoms with Gasteiger partial charge in [-0.15, -0.1) is 22.7 Å². The molecule has 47 heavy (non-hydrogen) atoms. The SMILES string of the molecule is C/C(C#N)=C1\C(=C\c2cc3c(s2)-c2sc(/C=C4\C(=O)c5ccccc5C4=C(C#N)C#N)cc2[Si]32CCCCC2)C(=O)c2ccccc21. The largest absolute Gasteiger partial charge is 0.289 e. The molecule has 5 nitrogen and oxygen atoms in total. The summed E-state index contributed by atoms with van der Waals surface area (Å²) < 4.78 is 0. The maximum atomic E-state index is 13.6. The van der Waals surface area contributed by atoms with Crippen LogP contribution in [0.5, 0.6) is 0 Å². The third kappa shape index (κ3) is 4.22. The van der Waals surface area contributed by atoms with Gasteiger partial charge in [0.1, 0.15) is 25.8 Å². The number of allylic oxidation sites excluding steroid dienone is 6. The molecule has 0 saturated carbocycles. The van der Waals surface area contributed by atoms with Gasteiger partial charge in [-0.25, -0.2) is 0 Å². The van der Waals surface area contributed by atoms with Crippen LogP contribution < -0.4 is 10.4 Å². The molecule has 224 valence electrons. The van der Waals surface area contributed by atoms with Gasteiger partial charge >= 0.3 is 0 Å². The van der Waals surface area contributed by atoms with Crippen molar-refractivity contribution in [1.82, 2.24) is 0 Å². The summed E-state index contributed by atoms with van der Waals surface area (Å²) in [6, 6.07) is 27.9. The number of benzene rings is 2. The number of Topliss-reactive ketones (excluding diaryl/α,β-unsaturated/α-hetero) is 2. The third-order valence-electron chi connectivity index (χ3n) is 9.95. The van der Waals surface area contributed by atoms with Crippen LogP contribution in [0.1, 0.15) is 67.8 Å². The molecule has 0 N–H and O–H groups in total. The first-order chi connectivity index (χ1) is 22.9. The number of thiophene rings is 2. The number of carbonyl (C=O) groups is 2. The number of hydrogen-bond donors (Lipinski definition) is 0. The normalized spacial score (nSPS) is 19.7. The zero-order chi connectivity index (χ0) is 32.4. The molecular weight excluding hydrogens is 635 g/mol. The highest BCUT2D eigenvalue weighted by Crippen LogP contribution is 2.47. The van der Waals surface area contributed by atoms with Crippen molar-refractivity contribution in [3.05, 3.63) is 115 Å². The maximum Gasteiger partial charge on any atom is 0.194 e. The first-order valence-corrected chi connectivity index (χ1v) is 19.6. The van der Waals surface area contributed by atoms with Gasteiger partial charge in [0, 0.05) is 58.5 Å². The van der Waals surface area contributed by atoms with Crippen molar-refractivity contribution in [2.24, 2.45) is 0 Å². The average molecular weight is 660 g/mol. The Labute approximate surface area is 281 Å². The lowest BCUT2D eigenvalue weighted by atomic mass is 9.99. The maximum absolute atomic E-state index is 13.6. The number of nitrogens with zero attached hydrogens (tertiary/aromatic N) is 3. The monoisotopic (exact) mass is 659 g/mol. The number of carbonyl (C=O) groups excluding carboxylic acids is 2. The lowest BCUT2D eigenvalue weighted by Gasteiger charge is -2.32. The minimum atomic E-state index is -2.08. The second-order valence-electron chi connectivity index (χ2n) is 12.4. The van der Waals surface area contributed by atoms with Crippen molar-refractivity contribution >= 4 is 76.0 Å². The van der Waals surface area contributed by atoms with Gasteiger partial charge in [0.05, 0.1) is 6.07 Å². The summed E-state index contributed by atoms with van der Waals surface area (Å²) in [7, 11) is -2.08. The van der Waals surface area contributed by atoms with E-state index in [9.17, 15) is 25.4 Å².